The lowest BCUT2D eigenvalue weighted by atomic mass is 9.79. The molecular formula is C17H23ClN4O2. The van der Waals surface area contributed by atoms with Gasteiger partial charge in [-0.05, 0) is 49.4 Å². The van der Waals surface area contributed by atoms with Gasteiger partial charge in [-0.1, -0.05) is 19.1 Å². The monoisotopic (exact) mass is 350 g/mol. The summed E-state index contributed by atoms with van der Waals surface area (Å²) < 4.78 is 5.26. The molecule has 0 aromatic carbocycles. The van der Waals surface area contributed by atoms with E-state index >= 15 is 0 Å². The van der Waals surface area contributed by atoms with E-state index in [1.54, 1.807) is 13.1 Å². The van der Waals surface area contributed by atoms with Crippen molar-refractivity contribution in [2.24, 2.45) is 27.6 Å². The molecule has 2 rings (SSSR count). The molecule has 24 heavy (non-hydrogen) atoms. The van der Waals surface area contributed by atoms with Gasteiger partial charge >= 0.3 is 5.97 Å². The van der Waals surface area contributed by atoms with Crippen LogP contribution in [0.25, 0.3) is 0 Å². The number of ether oxygens (including phenoxy) is 1. The smallest absolute Gasteiger partial charge is 0.311 e. The van der Waals surface area contributed by atoms with Gasteiger partial charge in [0.25, 0.3) is 0 Å². The number of carbonyl (C=O) groups is 1. The third kappa shape index (κ3) is 4.47. The fourth-order valence-corrected chi connectivity index (χ4v) is 3.00. The highest BCUT2D eigenvalue weighted by molar-refractivity contribution is 6.65. The minimum atomic E-state index is -0.336. The number of hydrogen-bond acceptors (Lipinski definition) is 3. The zero-order valence-electron chi connectivity index (χ0n) is 13.9. The largest absolute Gasteiger partial charge is 0.466 e. The molecule has 0 amide bonds. The molecule has 0 saturated heterocycles. The molecule has 1 aliphatic carbocycles. The zero-order valence-corrected chi connectivity index (χ0v) is 14.7. The van der Waals surface area contributed by atoms with Crippen molar-refractivity contribution >= 4 is 28.7 Å². The molecular weight excluding hydrogens is 328 g/mol. The van der Waals surface area contributed by atoms with Crippen molar-refractivity contribution in [1.29, 1.82) is 0 Å². The van der Waals surface area contributed by atoms with E-state index in [0.717, 1.165) is 6.42 Å². The van der Waals surface area contributed by atoms with Crippen molar-refractivity contribution in [3.63, 3.8) is 0 Å². The summed E-state index contributed by atoms with van der Waals surface area (Å²) in [6, 6.07) is 3.40. The van der Waals surface area contributed by atoms with Crippen LogP contribution in [0.4, 0.5) is 0 Å². The second-order valence-corrected chi connectivity index (χ2v) is 5.94. The summed E-state index contributed by atoms with van der Waals surface area (Å²) in [5.41, 5.74) is 6.21. The van der Waals surface area contributed by atoms with E-state index in [-0.39, 0.29) is 29.1 Å². The van der Waals surface area contributed by atoms with Crippen LogP contribution < -0.4 is 5.73 Å². The molecule has 0 bridgehead atoms. The quantitative estimate of drug-likeness (QED) is 0.281. The predicted molar refractivity (Wildman–Crippen MR) is 96.3 cm³/mol. The van der Waals surface area contributed by atoms with Crippen molar-refractivity contribution in [3.05, 3.63) is 36.2 Å². The number of nitrogens with one attached hydrogen (secondary N) is 1. The number of carbonyl (C=O) groups excluding carboxylic acids is 1. The number of esters is 1. The highest BCUT2D eigenvalue weighted by Crippen LogP contribution is 2.31. The Balaban J connectivity index is 2.39. The van der Waals surface area contributed by atoms with Crippen LogP contribution in [0.5, 0.6) is 0 Å². The molecule has 0 unspecified atom stereocenters. The van der Waals surface area contributed by atoms with E-state index in [9.17, 15) is 4.79 Å². The molecule has 3 atom stereocenters. The van der Waals surface area contributed by atoms with Gasteiger partial charge in [-0.3, -0.25) is 9.79 Å². The number of aromatic amines is 1. The van der Waals surface area contributed by atoms with Crippen molar-refractivity contribution in [2.75, 3.05) is 6.61 Å². The SMILES string of the molecule is CCOC(=O)[C@H]1[C@@H](CC)C=CC[C@@H]1N=C(N=C(N)Cl)c1ccc[nH]1. The van der Waals surface area contributed by atoms with E-state index in [1.807, 2.05) is 19.1 Å². The summed E-state index contributed by atoms with van der Waals surface area (Å²) in [5, 5.41) is -0.102. The summed E-state index contributed by atoms with van der Waals surface area (Å²) in [4.78, 5) is 24.3. The average molecular weight is 351 g/mol. The Hall–Kier alpha value is -2.08. The number of allylic oxidation sites excluding steroid dienone is 1. The lowest BCUT2D eigenvalue weighted by Crippen LogP contribution is -2.37. The molecule has 0 radical (unpaired) electrons. The van der Waals surface area contributed by atoms with E-state index < -0.39 is 0 Å². The first-order chi connectivity index (χ1) is 11.6. The fraction of sp³-hybridized carbons (Fsp3) is 0.471. The molecule has 3 N–H and O–H groups in total. The molecule has 7 heteroatoms. The lowest BCUT2D eigenvalue weighted by Gasteiger charge is -2.30. The second-order valence-electron chi connectivity index (χ2n) is 5.55. The number of rotatable bonds is 5. The molecule has 1 aromatic heterocycles. The third-order valence-electron chi connectivity index (χ3n) is 4.01. The second kappa shape index (κ2) is 8.68. The number of nitrogens with two attached hydrogens (primary N) is 1. The first-order valence-corrected chi connectivity index (χ1v) is 8.49. The number of nitrogens with zero attached hydrogens (tertiary/aromatic N) is 2. The summed E-state index contributed by atoms with van der Waals surface area (Å²) in [6.45, 7) is 4.20. The number of amidine groups is 2. The molecule has 1 aromatic rings. The highest BCUT2D eigenvalue weighted by Gasteiger charge is 2.36. The van der Waals surface area contributed by atoms with Gasteiger partial charge in [0.1, 0.15) is 0 Å². The maximum absolute atomic E-state index is 12.4. The normalized spacial score (nSPS) is 24.9. The minimum absolute atomic E-state index is 0.0915. The Kier molecular flexibility index (Phi) is 6.61. The summed E-state index contributed by atoms with van der Waals surface area (Å²) >= 11 is 5.74. The van der Waals surface area contributed by atoms with Gasteiger partial charge in [0.05, 0.1) is 24.3 Å². The summed E-state index contributed by atoms with van der Waals surface area (Å²) in [6.07, 6.45) is 7.37. The topological polar surface area (TPSA) is 92.8 Å². The number of H-pyrrole nitrogens is 1. The molecule has 130 valence electrons. The van der Waals surface area contributed by atoms with Gasteiger partial charge in [-0.15, -0.1) is 0 Å². The Morgan fingerprint density at radius 1 is 1.50 bits per heavy atom. The summed E-state index contributed by atoms with van der Waals surface area (Å²) in [5.74, 6) is -0.0847. The van der Waals surface area contributed by atoms with Gasteiger partial charge in [0.2, 0.25) is 0 Å². The van der Waals surface area contributed by atoms with Gasteiger partial charge < -0.3 is 15.5 Å². The molecule has 0 spiro atoms. The van der Waals surface area contributed by atoms with Crippen molar-refractivity contribution < 1.29 is 9.53 Å². The maximum Gasteiger partial charge on any atom is 0.311 e. The number of aliphatic imine (C=N–C) groups is 2. The van der Waals surface area contributed by atoms with Crippen molar-refractivity contribution in [3.8, 4) is 0 Å². The van der Waals surface area contributed by atoms with Crippen LogP contribution >= 0.6 is 11.6 Å². The Bertz CT molecular complexity index is 633. The maximum atomic E-state index is 12.4. The molecule has 1 aliphatic rings. The van der Waals surface area contributed by atoms with Crippen LogP contribution in [-0.2, 0) is 9.53 Å². The minimum Gasteiger partial charge on any atom is -0.466 e. The third-order valence-corrected chi connectivity index (χ3v) is 4.09. The number of aromatic nitrogens is 1. The van der Waals surface area contributed by atoms with Gasteiger partial charge in [0.15, 0.2) is 11.1 Å². The van der Waals surface area contributed by atoms with Crippen molar-refractivity contribution in [2.45, 2.75) is 32.7 Å². The van der Waals surface area contributed by atoms with Gasteiger partial charge in [-0.25, -0.2) is 0 Å². The summed E-state index contributed by atoms with van der Waals surface area (Å²) in [7, 11) is 0. The van der Waals surface area contributed by atoms with Crippen LogP contribution in [0.15, 0.2) is 40.5 Å². The van der Waals surface area contributed by atoms with E-state index in [2.05, 4.69) is 27.1 Å². The Morgan fingerprint density at radius 3 is 2.88 bits per heavy atom. The fourth-order valence-electron chi connectivity index (χ4n) is 2.92. The standard InChI is InChI=1S/C17H23ClN4O2/c1-3-11-7-5-8-12(14(11)16(23)24-4-2)21-15(22-17(18)19)13-9-6-10-20-13/h5-7,9-12,14,20H,3-4,8H2,1-2H3,(H2,19,21,22)/t11-,12-,14-/m0/s1. The Labute approximate surface area is 146 Å². The van der Waals surface area contributed by atoms with Crippen LogP contribution in [0, 0.1) is 11.8 Å². The van der Waals surface area contributed by atoms with Crippen molar-refractivity contribution in [1.82, 2.24) is 4.98 Å². The van der Waals surface area contributed by atoms with Gasteiger partial charge in [-0.2, -0.15) is 4.99 Å². The highest BCUT2D eigenvalue weighted by atomic mass is 35.5. The van der Waals surface area contributed by atoms with E-state index in [1.165, 1.54) is 0 Å². The molecule has 6 nitrogen and oxygen atoms in total. The molecule has 0 fully saturated rings. The van der Waals surface area contributed by atoms with E-state index in [0.29, 0.717) is 24.6 Å². The van der Waals surface area contributed by atoms with E-state index in [4.69, 9.17) is 22.1 Å². The lowest BCUT2D eigenvalue weighted by molar-refractivity contribution is -0.150. The van der Waals surface area contributed by atoms with Crippen LogP contribution in [0.1, 0.15) is 32.4 Å². The van der Waals surface area contributed by atoms with Crippen LogP contribution in [-0.4, -0.2) is 34.7 Å². The van der Waals surface area contributed by atoms with Crippen LogP contribution in [0.2, 0.25) is 0 Å². The molecule has 0 aliphatic heterocycles. The number of hydrogen-bond donors (Lipinski definition) is 2. The number of halogens is 1. The average Bonchev–Trinajstić information content (AvgIpc) is 3.08. The molecule has 0 saturated carbocycles. The zero-order chi connectivity index (χ0) is 17.5. The molecule has 1 heterocycles. The first-order valence-electron chi connectivity index (χ1n) is 8.11. The predicted octanol–water partition coefficient (Wildman–Crippen LogP) is 2.85. The van der Waals surface area contributed by atoms with Crippen LogP contribution in [0.3, 0.4) is 0 Å². The van der Waals surface area contributed by atoms with Gasteiger partial charge in [0, 0.05) is 6.20 Å². The Morgan fingerprint density at radius 2 is 2.29 bits per heavy atom. The first kappa shape index (κ1) is 18.3.